The molecule has 1 atom stereocenters. The quantitative estimate of drug-likeness (QED) is 0.915. The fourth-order valence-corrected chi connectivity index (χ4v) is 4.15. The summed E-state index contributed by atoms with van der Waals surface area (Å²) in [5.41, 5.74) is 2.99. The summed E-state index contributed by atoms with van der Waals surface area (Å²) >= 11 is 0. The molecule has 2 N–H and O–H groups in total. The van der Waals surface area contributed by atoms with Crippen molar-refractivity contribution in [1.29, 1.82) is 0 Å². The SMILES string of the molecule is Cc1ccccc1S(=O)(=O)NC1CNc2ccccc2C1. The highest BCUT2D eigenvalue weighted by Crippen LogP contribution is 2.22. The lowest BCUT2D eigenvalue weighted by atomic mass is 10.0. The molecule has 0 aromatic heterocycles. The van der Waals surface area contributed by atoms with E-state index in [9.17, 15) is 8.42 Å². The summed E-state index contributed by atoms with van der Waals surface area (Å²) in [5.74, 6) is 0. The lowest BCUT2D eigenvalue weighted by molar-refractivity contribution is 0.548. The van der Waals surface area contributed by atoms with Gasteiger partial charge in [-0.15, -0.1) is 0 Å². The van der Waals surface area contributed by atoms with Crippen molar-refractivity contribution in [2.24, 2.45) is 0 Å². The molecule has 0 radical (unpaired) electrons. The highest BCUT2D eigenvalue weighted by molar-refractivity contribution is 7.89. The summed E-state index contributed by atoms with van der Waals surface area (Å²) in [6.45, 7) is 2.41. The van der Waals surface area contributed by atoms with Crippen LogP contribution in [-0.2, 0) is 16.4 Å². The largest absolute Gasteiger partial charge is 0.383 e. The van der Waals surface area contributed by atoms with Crippen LogP contribution in [0.2, 0.25) is 0 Å². The minimum absolute atomic E-state index is 0.135. The highest BCUT2D eigenvalue weighted by Gasteiger charge is 2.24. The number of nitrogens with one attached hydrogen (secondary N) is 2. The number of fused-ring (bicyclic) bond motifs is 1. The van der Waals surface area contributed by atoms with Crippen molar-refractivity contribution in [3.8, 4) is 0 Å². The third kappa shape index (κ3) is 2.94. The second kappa shape index (κ2) is 5.50. The lowest BCUT2D eigenvalue weighted by Gasteiger charge is -2.27. The number of hydrogen-bond donors (Lipinski definition) is 2. The average Bonchev–Trinajstić information content (AvgIpc) is 2.47. The maximum absolute atomic E-state index is 12.5. The van der Waals surface area contributed by atoms with Gasteiger partial charge in [0.2, 0.25) is 10.0 Å². The molecule has 4 nitrogen and oxygen atoms in total. The third-order valence-corrected chi connectivity index (χ3v) is 5.41. The first-order chi connectivity index (χ1) is 10.1. The van der Waals surface area contributed by atoms with Crippen molar-refractivity contribution in [1.82, 2.24) is 4.72 Å². The van der Waals surface area contributed by atoms with E-state index in [2.05, 4.69) is 10.0 Å². The number of rotatable bonds is 3. The van der Waals surface area contributed by atoms with Crippen LogP contribution in [0.4, 0.5) is 5.69 Å². The minimum atomic E-state index is -3.48. The molecule has 110 valence electrons. The van der Waals surface area contributed by atoms with E-state index in [0.29, 0.717) is 17.9 Å². The van der Waals surface area contributed by atoms with Gasteiger partial charge in [-0.05, 0) is 36.6 Å². The number of benzene rings is 2. The molecular formula is C16H18N2O2S. The number of para-hydroxylation sites is 1. The van der Waals surface area contributed by atoms with Crippen LogP contribution in [0.3, 0.4) is 0 Å². The van der Waals surface area contributed by atoms with E-state index < -0.39 is 10.0 Å². The molecule has 5 heteroatoms. The van der Waals surface area contributed by atoms with Crippen LogP contribution in [0.25, 0.3) is 0 Å². The number of aryl methyl sites for hydroxylation is 1. The molecule has 1 aliphatic heterocycles. The fourth-order valence-electron chi connectivity index (χ4n) is 2.67. The van der Waals surface area contributed by atoms with Crippen LogP contribution >= 0.6 is 0 Å². The molecule has 21 heavy (non-hydrogen) atoms. The van der Waals surface area contributed by atoms with Gasteiger partial charge in [-0.2, -0.15) is 0 Å². The van der Waals surface area contributed by atoms with Gasteiger partial charge in [0.15, 0.2) is 0 Å². The summed E-state index contributed by atoms with van der Waals surface area (Å²) in [6.07, 6.45) is 0.703. The maximum atomic E-state index is 12.5. The molecular weight excluding hydrogens is 284 g/mol. The first-order valence-electron chi connectivity index (χ1n) is 6.96. The Balaban J connectivity index is 1.80. The van der Waals surface area contributed by atoms with Gasteiger partial charge < -0.3 is 5.32 Å². The van der Waals surface area contributed by atoms with Crippen LogP contribution < -0.4 is 10.0 Å². The Bertz CT molecular complexity index is 756. The molecule has 0 saturated heterocycles. The van der Waals surface area contributed by atoms with E-state index in [-0.39, 0.29) is 6.04 Å². The lowest BCUT2D eigenvalue weighted by Crippen LogP contribution is -2.43. The van der Waals surface area contributed by atoms with Gasteiger partial charge in [-0.3, -0.25) is 0 Å². The first kappa shape index (κ1) is 14.1. The first-order valence-corrected chi connectivity index (χ1v) is 8.44. The average molecular weight is 302 g/mol. The molecule has 2 aromatic rings. The Morgan fingerprint density at radius 1 is 1.10 bits per heavy atom. The number of anilines is 1. The van der Waals surface area contributed by atoms with Crippen LogP contribution in [0.1, 0.15) is 11.1 Å². The van der Waals surface area contributed by atoms with Crippen LogP contribution in [0.5, 0.6) is 0 Å². The molecule has 0 aliphatic carbocycles. The van der Waals surface area contributed by atoms with Gasteiger partial charge in [0.05, 0.1) is 4.90 Å². The van der Waals surface area contributed by atoms with Crippen molar-refractivity contribution in [2.75, 3.05) is 11.9 Å². The Morgan fingerprint density at radius 3 is 2.62 bits per heavy atom. The van der Waals surface area contributed by atoms with Crippen molar-refractivity contribution in [2.45, 2.75) is 24.3 Å². The number of sulfonamides is 1. The normalized spacial score (nSPS) is 17.9. The van der Waals surface area contributed by atoms with E-state index in [0.717, 1.165) is 16.8 Å². The van der Waals surface area contributed by atoms with Crippen LogP contribution in [0, 0.1) is 6.92 Å². The minimum Gasteiger partial charge on any atom is -0.383 e. The van der Waals surface area contributed by atoms with Gasteiger partial charge in [0, 0.05) is 18.3 Å². The summed E-state index contributed by atoms with van der Waals surface area (Å²) < 4.78 is 27.8. The fraction of sp³-hybridized carbons (Fsp3) is 0.250. The van der Waals surface area contributed by atoms with Gasteiger partial charge in [-0.1, -0.05) is 36.4 Å². The van der Waals surface area contributed by atoms with E-state index in [1.807, 2.05) is 43.3 Å². The van der Waals surface area contributed by atoms with Crippen molar-refractivity contribution >= 4 is 15.7 Å². The zero-order valence-electron chi connectivity index (χ0n) is 11.8. The topological polar surface area (TPSA) is 58.2 Å². The molecule has 1 heterocycles. The molecule has 1 unspecified atom stereocenters. The molecule has 1 aliphatic rings. The summed E-state index contributed by atoms with van der Waals surface area (Å²) in [5, 5.41) is 3.27. The molecule has 0 saturated carbocycles. The van der Waals surface area contributed by atoms with Crippen molar-refractivity contribution in [3.05, 3.63) is 59.7 Å². The van der Waals surface area contributed by atoms with Crippen LogP contribution in [0.15, 0.2) is 53.4 Å². The van der Waals surface area contributed by atoms with Gasteiger partial charge in [0.1, 0.15) is 0 Å². The standard InChI is InChI=1S/C16H18N2O2S/c1-12-6-2-5-9-16(12)21(19,20)18-14-10-13-7-3-4-8-15(13)17-11-14/h2-9,14,17-18H,10-11H2,1H3. The number of hydrogen-bond acceptors (Lipinski definition) is 3. The monoisotopic (exact) mass is 302 g/mol. The zero-order valence-corrected chi connectivity index (χ0v) is 12.7. The molecule has 0 fully saturated rings. The Morgan fingerprint density at radius 2 is 1.81 bits per heavy atom. The highest BCUT2D eigenvalue weighted by atomic mass is 32.2. The Kier molecular flexibility index (Phi) is 3.69. The van der Waals surface area contributed by atoms with Crippen molar-refractivity contribution in [3.63, 3.8) is 0 Å². The predicted octanol–water partition coefficient (Wildman–Crippen LogP) is 2.31. The van der Waals surface area contributed by atoms with Crippen molar-refractivity contribution < 1.29 is 8.42 Å². The zero-order chi connectivity index (χ0) is 14.9. The van der Waals surface area contributed by atoms with E-state index in [1.165, 1.54) is 0 Å². The molecule has 3 rings (SSSR count). The second-order valence-electron chi connectivity index (χ2n) is 5.33. The van der Waals surface area contributed by atoms with E-state index in [1.54, 1.807) is 12.1 Å². The molecule has 0 bridgehead atoms. The summed E-state index contributed by atoms with van der Waals surface area (Å²) in [7, 11) is -3.48. The molecule has 2 aromatic carbocycles. The van der Waals surface area contributed by atoms with Crippen LogP contribution in [-0.4, -0.2) is 21.0 Å². The Labute approximate surface area is 125 Å². The van der Waals surface area contributed by atoms with Gasteiger partial charge in [-0.25, -0.2) is 13.1 Å². The molecule has 0 amide bonds. The maximum Gasteiger partial charge on any atom is 0.241 e. The second-order valence-corrected chi connectivity index (χ2v) is 7.01. The van der Waals surface area contributed by atoms with E-state index in [4.69, 9.17) is 0 Å². The van der Waals surface area contributed by atoms with Gasteiger partial charge in [0.25, 0.3) is 0 Å². The Hall–Kier alpha value is -1.85. The van der Waals surface area contributed by atoms with E-state index >= 15 is 0 Å². The predicted molar refractivity (Wildman–Crippen MR) is 83.9 cm³/mol. The third-order valence-electron chi connectivity index (χ3n) is 3.73. The summed E-state index contributed by atoms with van der Waals surface area (Å²) in [4.78, 5) is 0.351. The summed E-state index contributed by atoms with van der Waals surface area (Å²) in [6, 6.07) is 14.9. The molecule has 0 spiro atoms. The van der Waals surface area contributed by atoms with Gasteiger partial charge >= 0.3 is 0 Å². The smallest absolute Gasteiger partial charge is 0.241 e.